The normalized spacial score (nSPS) is 12.7. The third-order valence-corrected chi connectivity index (χ3v) is 6.38. The van der Waals surface area contributed by atoms with Crippen LogP contribution >= 0.6 is 11.6 Å². The molecule has 0 spiro atoms. The second-order valence-electron chi connectivity index (χ2n) is 8.65. The maximum atomic E-state index is 12.8. The molecule has 0 unspecified atom stereocenters. The van der Waals surface area contributed by atoms with E-state index in [1.54, 1.807) is 54.7 Å². The van der Waals surface area contributed by atoms with Gasteiger partial charge in [-0.3, -0.25) is 14.4 Å². The van der Waals surface area contributed by atoms with E-state index < -0.39 is 17.8 Å². The van der Waals surface area contributed by atoms with Crippen molar-refractivity contribution in [1.29, 1.82) is 0 Å². The molecule has 1 aliphatic rings. The number of carboxylic acid groups (broad SMARTS) is 1. The van der Waals surface area contributed by atoms with Crippen LogP contribution in [0.4, 0.5) is 11.4 Å². The lowest BCUT2D eigenvalue weighted by Crippen LogP contribution is -2.30. The van der Waals surface area contributed by atoms with Gasteiger partial charge in [-0.25, -0.2) is 5.43 Å². The number of anilines is 2. The van der Waals surface area contributed by atoms with Crippen LogP contribution in [-0.4, -0.2) is 42.2 Å². The summed E-state index contributed by atoms with van der Waals surface area (Å²) in [4.78, 5) is 38.5. The van der Waals surface area contributed by atoms with Crippen molar-refractivity contribution < 1.29 is 19.5 Å². The average molecular weight is 519 g/mol. The summed E-state index contributed by atoms with van der Waals surface area (Å²) in [5.74, 6) is -1.66. The van der Waals surface area contributed by atoms with E-state index >= 15 is 0 Å². The highest BCUT2D eigenvalue weighted by Gasteiger charge is 2.18. The summed E-state index contributed by atoms with van der Waals surface area (Å²) in [6.07, 6.45) is 4.26. The lowest BCUT2D eigenvalue weighted by molar-refractivity contribution is -0.137. The molecule has 2 amide bonds. The molecule has 0 radical (unpaired) electrons. The fourth-order valence-electron chi connectivity index (χ4n) is 4.28. The first-order chi connectivity index (χ1) is 17.9. The van der Waals surface area contributed by atoms with Crippen molar-refractivity contribution >= 4 is 47.0 Å². The van der Waals surface area contributed by atoms with E-state index in [4.69, 9.17) is 16.7 Å². The maximum Gasteiger partial charge on any atom is 0.303 e. The number of rotatable bonds is 9. The van der Waals surface area contributed by atoms with E-state index in [-0.39, 0.29) is 12.0 Å². The van der Waals surface area contributed by atoms with Crippen LogP contribution in [0.15, 0.2) is 71.8 Å². The largest absolute Gasteiger partial charge is 0.481 e. The Bertz CT molecular complexity index is 1340. The van der Waals surface area contributed by atoms with Crippen LogP contribution in [0.1, 0.15) is 51.1 Å². The van der Waals surface area contributed by atoms with Gasteiger partial charge >= 0.3 is 5.97 Å². The quantitative estimate of drug-likeness (QED) is 0.273. The molecule has 3 aromatic carbocycles. The van der Waals surface area contributed by atoms with Gasteiger partial charge in [-0.2, -0.15) is 5.10 Å². The summed E-state index contributed by atoms with van der Waals surface area (Å²) in [5.41, 5.74) is 6.57. The lowest BCUT2D eigenvalue weighted by atomic mass is 9.99. The molecular formula is C28H27ClN4O4. The Morgan fingerprint density at radius 1 is 1.00 bits per heavy atom. The second-order valence-corrected chi connectivity index (χ2v) is 9.06. The molecule has 0 saturated heterocycles. The fraction of sp³-hybridized carbons (Fsp3) is 0.214. The van der Waals surface area contributed by atoms with E-state index in [1.165, 1.54) is 5.56 Å². The van der Waals surface area contributed by atoms with Gasteiger partial charge in [0.1, 0.15) is 0 Å². The van der Waals surface area contributed by atoms with Gasteiger partial charge in [0.15, 0.2) is 0 Å². The molecule has 0 bridgehead atoms. The van der Waals surface area contributed by atoms with Gasteiger partial charge in [0.05, 0.1) is 28.1 Å². The molecule has 4 rings (SSSR count). The molecule has 0 saturated carbocycles. The molecule has 3 aromatic rings. The van der Waals surface area contributed by atoms with Crippen molar-refractivity contribution in [3.8, 4) is 0 Å². The van der Waals surface area contributed by atoms with Crippen molar-refractivity contribution in [1.82, 2.24) is 5.43 Å². The molecule has 0 aromatic heterocycles. The highest BCUT2D eigenvalue weighted by molar-refractivity contribution is 6.34. The minimum atomic E-state index is -0.781. The zero-order chi connectivity index (χ0) is 26.2. The molecule has 0 aliphatic carbocycles. The minimum absolute atomic E-state index is 0.156. The fourth-order valence-corrected chi connectivity index (χ4v) is 4.50. The Morgan fingerprint density at radius 2 is 1.76 bits per heavy atom. The van der Waals surface area contributed by atoms with Crippen molar-refractivity contribution in [3.63, 3.8) is 0 Å². The number of benzene rings is 3. The van der Waals surface area contributed by atoms with Crippen molar-refractivity contribution in [2.24, 2.45) is 5.10 Å². The van der Waals surface area contributed by atoms with Gasteiger partial charge in [-0.15, -0.1) is 0 Å². The standard InChI is InChI=1S/C28H27ClN4O4/c29-23-10-3-1-8-21(23)27(36)31-24-11-4-2-9-22(24)28(37)32-30-18-19-13-14-25-20(17-19)7-5-15-33(25)16-6-12-26(34)35/h1-4,8-11,13-14,17-18H,5-7,12,15-16H2,(H,31,36)(H,32,37)(H,34,35)/b30-18+. The number of carbonyl (C=O) groups excluding carboxylic acids is 2. The smallest absolute Gasteiger partial charge is 0.303 e. The Kier molecular flexibility index (Phi) is 8.53. The predicted molar refractivity (Wildman–Crippen MR) is 145 cm³/mol. The lowest BCUT2D eigenvalue weighted by Gasteiger charge is -2.31. The third-order valence-electron chi connectivity index (χ3n) is 6.06. The molecular weight excluding hydrogens is 492 g/mol. The number of aryl methyl sites for hydroxylation is 1. The number of hydrazone groups is 1. The van der Waals surface area contributed by atoms with E-state index in [0.29, 0.717) is 29.2 Å². The maximum absolute atomic E-state index is 12.8. The van der Waals surface area contributed by atoms with Crippen LogP contribution < -0.4 is 15.6 Å². The highest BCUT2D eigenvalue weighted by Crippen LogP contribution is 2.28. The van der Waals surface area contributed by atoms with Crippen LogP contribution in [0.2, 0.25) is 5.02 Å². The summed E-state index contributed by atoms with van der Waals surface area (Å²) < 4.78 is 0. The molecule has 0 fully saturated rings. The monoisotopic (exact) mass is 518 g/mol. The number of carbonyl (C=O) groups is 3. The number of halogens is 1. The van der Waals surface area contributed by atoms with Gasteiger partial charge in [-0.1, -0.05) is 41.9 Å². The number of amides is 2. The summed E-state index contributed by atoms with van der Waals surface area (Å²) in [6.45, 7) is 1.61. The van der Waals surface area contributed by atoms with E-state index in [1.807, 2.05) is 18.2 Å². The van der Waals surface area contributed by atoms with Crippen LogP contribution in [0.3, 0.4) is 0 Å². The Balaban J connectivity index is 1.40. The molecule has 8 nitrogen and oxygen atoms in total. The van der Waals surface area contributed by atoms with Crippen molar-refractivity contribution in [2.45, 2.75) is 25.7 Å². The van der Waals surface area contributed by atoms with Gasteiger partial charge in [0, 0.05) is 25.2 Å². The number of aliphatic carboxylic acids is 1. The SMILES string of the molecule is O=C(O)CCCN1CCCc2cc(/C=N/NC(=O)c3ccccc3NC(=O)c3ccccc3Cl)ccc21. The molecule has 1 aliphatic heterocycles. The number of nitrogens with one attached hydrogen (secondary N) is 2. The van der Waals surface area contributed by atoms with Crippen molar-refractivity contribution in [2.75, 3.05) is 23.3 Å². The van der Waals surface area contributed by atoms with Crippen LogP contribution in [0.25, 0.3) is 0 Å². The summed E-state index contributed by atoms with van der Waals surface area (Å²) in [5, 5.41) is 16.1. The number of carboxylic acids is 1. The number of hydrogen-bond acceptors (Lipinski definition) is 5. The Labute approximate surface area is 219 Å². The average Bonchev–Trinajstić information content (AvgIpc) is 2.89. The first-order valence-corrected chi connectivity index (χ1v) is 12.4. The molecule has 37 heavy (non-hydrogen) atoms. The second kappa shape index (κ2) is 12.2. The van der Waals surface area contributed by atoms with Crippen LogP contribution in [-0.2, 0) is 11.2 Å². The van der Waals surface area contributed by atoms with Gasteiger partial charge < -0.3 is 15.3 Å². The zero-order valence-electron chi connectivity index (χ0n) is 20.1. The summed E-state index contributed by atoms with van der Waals surface area (Å²) in [6, 6.07) is 19.3. The van der Waals surface area contributed by atoms with Crippen LogP contribution in [0.5, 0.6) is 0 Å². The van der Waals surface area contributed by atoms with E-state index in [2.05, 4.69) is 20.7 Å². The predicted octanol–water partition coefficient (Wildman–Crippen LogP) is 4.97. The first-order valence-electron chi connectivity index (χ1n) is 12.0. The summed E-state index contributed by atoms with van der Waals surface area (Å²) >= 11 is 6.12. The number of hydrogen-bond donors (Lipinski definition) is 3. The number of nitrogens with zero attached hydrogens (tertiary/aromatic N) is 2. The van der Waals surface area contributed by atoms with Gasteiger partial charge in [0.25, 0.3) is 11.8 Å². The molecule has 1 heterocycles. The summed E-state index contributed by atoms with van der Waals surface area (Å²) in [7, 11) is 0. The Hall–Kier alpha value is -4.17. The topological polar surface area (TPSA) is 111 Å². The number of fused-ring (bicyclic) bond motifs is 1. The third kappa shape index (κ3) is 6.74. The Morgan fingerprint density at radius 3 is 2.54 bits per heavy atom. The molecule has 9 heteroatoms. The van der Waals surface area contributed by atoms with E-state index in [9.17, 15) is 14.4 Å². The van der Waals surface area contributed by atoms with Crippen molar-refractivity contribution in [3.05, 3.63) is 94.0 Å². The van der Waals surface area contributed by atoms with Gasteiger partial charge in [-0.05, 0) is 66.8 Å². The van der Waals surface area contributed by atoms with Crippen LogP contribution in [0, 0.1) is 0 Å². The first kappa shape index (κ1) is 25.9. The van der Waals surface area contributed by atoms with E-state index in [0.717, 1.165) is 30.6 Å². The zero-order valence-corrected chi connectivity index (χ0v) is 20.9. The number of para-hydroxylation sites is 1. The molecule has 0 atom stereocenters. The van der Waals surface area contributed by atoms with Gasteiger partial charge in [0.2, 0.25) is 0 Å². The highest BCUT2D eigenvalue weighted by atomic mass is 35.5. The molecule has 3 N–H and O–H groups in total. The molecule has 190 valence electrons. The minimum Gasteiger partial charge on any atom is -0.481 e.